The van der Waals surface area contributed by atoms with Gasteiger partial charge >= 0.3 is 50.9 Å². The van der Waals surface area contributed by atoms with Gasteiger partial charge in [0.05, 0.1) is 24.9 Å². The first-order valence-electron chi connectivity index (χ1n) is 27.4. The topological polar surface area (TPSA) is 332 Å². The van der Waals surface area contributed by atoms with E-state index in [1.54, 1.807) is 0 Å². The number of benzene rings is 3. The fourth-order valence-electron chi connectivity index (χ4n) is 9.78. The molecule has 0 aromatic heterocycles. The molecule has 3 aromatic rings. The van der Waals surface area contributed by atoms with Crippen molar-refractivity contribution in [1.82, 2.24) is 15.1 Å². The van der Waals surface area contributed by atoms with E-state index >= 15 is 17.6 Å². The van der Waals surface area contributed by atoms with E-state index in [0.717, 1.165) is 48.6 Å². The number of hydrogen-bond donors (Lipinski definition) is 8. The van der Waals surface area contributed by atoms with Crippen molar-refractivity contribution >= 4 is 56.8 Å². The van der Waals surface area contributed by atoms with Gasteiger partial charge in [-0.25, -0.2) is 0 Å². The predicted molar refractivity (Wildman–Crippen MR) is 294 cm³/mol. The van der Waals surface area contributed by atoms with Gasteiger partial charge in [-0.2, -0.15) is 17.6 Å². The van der Waals surface area contributed by atoms with Gasteiger partial charge < -0.3 is 59.5 Å². The van der Waals surface area contributed by atoms with Gasteiger partial charge in [0.15, 0.2) is 12.2 Å². The summed E-state index contributed by atoms with van der Waals surface area (Å²) in [5.74, 6) is -13.8. The van der Waals surface area contributed by atoms with Crippen molar-refractivity contribution in [3.8, 4) is 0 Å². The number of likely N-dealkylation sites (tertiary alicyclic amines) is 2. The van der Waals surface area contributed by atoms with E-state index in [0.29, 0.717) is 51.4 Å². The van der Waals surface area contributed by atoms with E-state index in [1.165, 1.54) is 64.4 Å². The number of esters is 2. The summed E-state index contributed by atoms with van der Waals surface area (Å²) in [6.45, 7) is -0.0970. The first-order valence-corrected chi connectivity index (χ1v) is 30.7. The minimum absolute atomic E-state index is 0.0154. The smallest absolute Gasteiger partial charge is 0.369 e. The van der Waals surface area contributed by atoms with Crippen molar-refractivity contribution in [3.63, 3.8) is 0 Å². The number of halogens is 4. The van der Waals surface area contributed by atoms with Crippen LogP contribution in [-0.4, -0.2) is 135 Å². The van der Waals surface area contributed by atoms with Crippen LogP contribution < -0.4 is 5.32 Å². The SMILES string of the molecule is O=C(O)CCCCCCN1C(=O)CC[C@@H]1/C=C/[C@@H](OC(=O)Cc1cc(CC(=O)O[C@H](/C=C/[C@H]2CCC(=O)N2CCCCCCC(=O)O)C(F)(F)c2ccccc2)cc(C(=O)NCCCC(O)(P(=O)(O)O)P(=O)(O)O)c1)C(F)(F)c1ccccc1. The molecule has 4 atom stereocenters. The molecule has 27 heteroatoms. The van der Waals surface area contributed by atoms with Gasteiger partial charge in [0.25, 0.3) is 11.0 Å². The average molecular weight is 1220 g/mol. The third-order valence-electron chi connectivity index (χ3n) is 14.3. The number of nitrogens with zero attached hydrogens (tertiary/aromatic N) is 2. The number of alkyl halides is 4. The number of carboxylic acids is 2. The molecule has 8 N–H and O–H groups in total. The summed E-state index contributed by atoms with van der Waals surface area (Å²) < 4.78 is 101. The second-order valence-electron chi connectivity index (χ2n) is 20.7. The highest BCUT2D eigenvalue weighted by Gasteiger charge is 2.58. The number of carbonyl (C=O) groups is 7. The van der Waals surface area contributed by atoms with Crippen molar-refractivity contribution in [1.29, 1.82) is 0 Å². The van der Waals surface area contributed by atoms with Crippen LogP contribution in [0.2, 0.25) is 0 Å². The Bertz CT molecular complexity index is 2750. The highest BCUT2D eigenvalue weighted by molar-refractivity contribution is 7.72. The lowest BCUT2D eigenvalue weighted by atomic mass is 9.99. The molecule has 0 bridgehead atoms. The Kier molecular flexibility index (Phi) is 25.2. The molecule has 5 rings (SSSR count). The van der Waals surface area contributed by atoms with Crippen LogP contribution in [0.4, 0.5) is 17.6 Å². The molecule has 0 aliphatic carbocycles. The van der Waals surface area contributed by atoms with Crippen LogP contribution in [0.15, 0.2) is 103 Å². The van der Waals surface area contributed by atoms with E-state index in [-0.39, 0.29) is 80.1 Å². The lowest BCUT2D eigenvalue weighted by molar-refractivity contribution is -0.167. The average Bonchev–Trinajstić information content (AvgIpc) is 3.83. The van der Waals surface area contributed by atoms with Gasteiger partial charge in [-0.15, -0.1) is 0 Å². The third-order valence-corrected chi connectivity index (χ3v) is 18.2. The number of rotatable bonds is 35. The number of carbonyl (C=O) groups excluding carboxylic acids is 5. The van der Waals surface area contributed by atoms with Crippen molar-refractivity contribution in [2.24, 2.45) is 0 Å². The molecule has 2 saturated heterocycles. The molecule has 0 spiro atoms. The molecule has 3 aromatic carbocycles. The third kappa shape index (κ3) is 19.7. The fraction of sp³-hybridized carbons (Fsp3) is 0.491. The molecule has 84 heavy (non-hydrogen) atoms. The summed E-state index contributed by atoms with van der Waals surface area (Å²) >= 11 is 0. The standard InChI is InChI=1S/C57H71F4N3O18P2/c58-56(59,42-16-7-5-8-17-42)46(26-22-44-24-28-48(65)63(44)32-13-3-1-11-20-50(67)68)81-52(71)37-39-34-40(36-41(35-39)54(73)62-31-15-30-55(74,83(75,76)77)84(78,79)80)38-53(72)82-47(57(60,61)43-18-9-6-10-19-43)27-23-45-25-29-49(66)64(45)33-14-4-2-12-21-51(69)70/h5-10,16-19,22-23,26-27,34-36,44-47,74H,1-4,11-15,20-21,24-25,28-33,37-38H2,(H,62,73)(H,67,68)(H,69,70)(H2,75,76,77)(H2,78,79,80)/b26-22+,27-23+/t44-,45-,46+,47+/m0/s1. The zero-order valence-corrected chi connectivity index (χ0v) is 47.7. The molecule has 0 unspecified atom stereocenters. The van der Waals surface area contributed by atoms with Gasteiger partial charge in [0.1, 0.15) is 0 Å². The number of hydrogen-bond acceptors (Lipinski definition) is 12. The molecule has 460 valence electrons. The number of aliphatic carboxylic acids is 2. The van der Waals surface area contributed by atoms with Crippen molar-refractivity contribution in [2.75, 3.05) is 19.6 Å². The van der Waals surface area contributed by atoms with E-state index in [1.807, 2.05) is 0 Å². The Morgan fingerprint density at radius 2 is 1.00 bits per heavy atom. The van der Waals surface area contributed by atoms with Crippen LogP contribution in [-0.2, 0) is 72.1 Å². The second-order valence-corrected chi connectivity index (χ2v) is 24.7. The molecule has 3 amide bonds. The maximum Gasteiger partial charge on any atom is 0.369 e. The van der Waals surface area contributed by atoms with Gasteiger partial charge in [-0.1, -0.05) is 105 Å². The molecule has 2 fully saturated rings. The molecule has 2 aliphatic rings. The summed E-state index contributed by atoms with van der Waals surface area (Å²) in [5, 5.41) is 26.7. The summed E-state index contributed by atoms with van der Waals surface area (Å²) in [6, 6.07) is 14.7. The lowest BCUT2D eigenvalue weighted by Crippen LogP contribution is -2.36. The molecular weight excluding hydrogens is 1150 g/mol. The Balaban J connectivity index is 1.43. The minimum atomic E-state index is -5.87. The zero-order chi connectivity index (χ0) is 61.9. The molecule has 21 nitrogen and oxygen atoms in total. The fourth-order valence-corrected chi connectivity index (χ4v) is 12.0. The number of carboxylic acid groups (broad SMARTS) is 2. The normalized spacial score (nSPS) is 17.0. The van der Waals surface area contributed by atoms with Crippen LogP contribution in [0.3, 0.4) is 0 Å². The number of nitrogens with one attached hydrogen (secondary N) is 1. The summed E-state index contributed by atoms with van der Waals surface area (Å²) in [6.07, 6.45) is 1.32. The minimum Gasteiger partial charge on any atom is -0.481 e. The number of ether oxygens (including phenoxy) is 2. The van der Waals surface area contributed by atoms with Crippen molar-refractivity contribution in [2.45, 2.75) is 157 Å². The van der Waals surface area contributed by atoms with Gasteiger partial charge in [-0.05, 0) is 80.4 Å². The number of amides is 3. The lowest BCUT2D eigenvalue weighted by Gasteiger charge is -2.29. The Labute approximate surface area is 482 Å². The maximum atomic E-state index is 16.5. The zero-order valence-electron chi connectivity index (χ0n) is 45.9. The van der Waals surface area contributed by atoms with E-state index < -0.39 is 130 Å². The van der Waals surface area contributed by atoms with Gasteiger partial charge in [0.2, 0.25) is 11.8 Å². The van der Waals surface area contributed by atoms with Gasteiger partial charge in [0, 0.05) is 68.4 Å². The summed E-state index contributed by atoms with van der Waals surface area (Å²) in [7, 11) is -11.7. The van der Waals surface area contributed by atoms with Crippen LogP contribution in [0.5, 0.6) is 0 Å². The Hall–Kier alpha value is -6.59. The van der Waals surface area contributed by atoms with E-state index in [4.69, 9.17) is 19.7 Å². The van der Waals surface area contributed by atoms with Crippen molar-refractivity contribution in [3.05, 3.63) is 131 Å². The second kappa shape index (κ2) is 31.0. The van der Waals surface area contributed by atoms with Crippen LogP contribution in [0.25, 0.3) is 0 Å². The maximum absolute atomic E-state index is 16.5. The number of aliphatic hydroxyl groups is 1. The molecule has 2 aliphatic heterocycles. The molecule has 2 heterocycles. The van der Waals surface area contributed by atoms with Crippen LogP contribution in [0.1, 0.15) is 135 Å². The summed E-state index contributed by atoms with van der Waals surface area (Å²) in [4.78, 5) is 130. The summed E-state index contributed by atoms with van der Waals surface area (Å²) in [5.41, 5.74) is -1.79. The Morgan fingerprint density at radius 3 is 1.38 bits per heavy atom. The monoisotopic (exact) mass is 1220 g/mol. The predicted octanol–water partition coefficient (Wildman–Crippen LogP) is 7.86. The molecular formula is C57H71F4N3O18P2. The first kappa shape index (κ1) is 68.2. The highest BCUT2D eigenvalue weighted by Crippen LogP contribution is 2.69. The van der Waals surface area contributed by atoms with Gasteiger partial charge in [-0.3, -0.25) is 42.7 Å². The Morgan fingerprint density at radius 1 is 0.607 bits per heavy atom. The largest absolute Gasteiger partial charge is 0.481 e. The molecule has 0 radical (unpaired) electrons. The van der Waals surface area contributed by atoms with E-state index in [2.05, 4.69) is 5.32 Å². The van der Waals surface area contributed by atoms with Crippen molar-refractivity contribution < 1.29 is 105 Å². The quantitative estimate of drug-likeness (QED) is 0.00913. The van der Waals surface area contributed by atoms with Crippen LogP contribution >= 0.6 is 15.2 Å². The van der Waals surface area contributed by atoms with Crippen LogP contribution in [0, 0.1) is 0 Å². The highest BCUT2D eigenvalue weighted by atomic mass is 31.2. The molecule has 0 saturated carbocycles. The number of unbranched alkanes of at least 4 members (excludes halogenated alkanes) is 6. The van der Waals surface area contributed by atoms with E-state index in [9.17, 15) is 67.4 Å². The first-order chi connectivity index (χ1) is 39.5.